The highest BCUT2D eigenvalue weighted by molar-refractivity contribution is 6.30. The lowest BCUT2D eigenvalue weighted by Gasteiger charge is -2.08. The van der Waals surface area contributed by atoms with Crippen LogP contribution in [0.2, 0.25) is 5.02 Å². The maximum absolute atomic E-state index is 11.9. The van der Waals surface area contributed by atoms with Gasteiger partial charge in [0, 0.05) is 16.0 Å². The second kappa shape index (κ2) is 7.89. The number of nitrogens with zero attached hydrogens (tertiary/aromatic N) is 1. The Morgan fingerprint density at radius 3 is 2.62 bits per heavy atom. The zero-order valence-corrected chi connectivity index (χ0v) is 14.8. The second-order valence-electron chi connectivity index (χ2n) is 5.66. The Bertz CT molecular complexity index is 968. The Morgan fingerprint density at radius 2 is 1.85 bits per heavy atom. The first kappa shape index (κ1) is 17.8. The van der Waals surface area contributed by atoms with Crippen molar-refractivity contribution in [3.63, 3.8) is 0 Å². The van der Waals surface area contributed by atoms with Crippen LogP contribution in [-0.2, 0) is 4.79 Å². The highest BCUT2D eigenvalue weighted by atomic mass is 35.5. The average Bonchev–Trinajstić information content (AvgIpc) is 2.66. The number of phenolic OH excluding ortho intramolecular Hbond substituents is 1. The molecule has 0 aliphatic rings. The van der Waals surface area contributed by atoms with Crippen molar-refractivity contribution in [1.82, 2.24) is 5.43 Å². The predicted molar refractivity (Wildman–Crippen MR) is 103 cm³/mol. The highest BCUT2D eigenvalue weighted by Gasteiger charge is 2.09. The van der Waals surface area contributed by atoms with E-state index in [1.54, 1.807) is 37.3 Å². The maximum atomic E-state index is 11.9. The van der Waals surface area contributed by atoms with Gasteiger partial charge in [0.15, 0.2) is 6.61 Å². The number of carbonyl (C=O) groups excluding carboxylic acids is 1. The number of halogens is 1. The molecule has 0 aliphatic carbocycles. The molecule has 0 saturated heterocycles. The fourth-order valence-corrected chi connectivity index (χ4v) is 2.59. The molecule has 0 aromatic heterocycles. The molecule has 0 radical (unpaired) electrons. The van der Waals surface area contributed by atoms with Crippen LogP contribution in [0.4, 0.5) is 0 Å². The minimum absolute atomic E-state index is 0.135. The second-order valence-corrected chi connectivity index (χ2v) is 6.09. The van der Waals surface area contributed by atoms with Gasteiger partial charge in [-0.3, -0.25) is 4.79 Å². The number of aromatic hydroxyl groups is 1. The Morgan fingerprint density at radius 1 is 1.12 bits per heavy atom. The third kappa shape index (κ3) is 4.13. The van der Waals surface area contributed by atoms with E-state index in [2.05, 4.69) is 10.5 Å². The van der Waals surface area contributed by atoms with Gasteiger partial charge >= 0.3 is 0 Å². The fraction of sp³-hybridized carbons (Fsp3) is 0.100. The highest BCUT2D eigenvalue weighted by Crippen LogP contribution is 2.28. The largest absolute Gasteiger partial charge is 0.507 e. The molecule has 1 amide bonds. The summed E-state index contributed by atoms with van der Waals surface area (Å²) in [4.78, 5) is 11.9. The van der Waals surface area contributed by atoms with Crippen molar-refractivity contribution in [2.75, 3.05) is 6.61 Å². The van der Waals surface area contributed by atoms with Crippen LogP contribution < -0.4 is 10.2 Å². The van der Waals surface area contributed by atoms with Crippen molar-refractivity contribution in [2.45, 2.75) is 6.92 Å². The predicted octanol–water partition coefficient (Wildman–Crippen LogP) is 4.12. The standard InChI is InChI=1S/C20H17ClN2O3/c1-13(17-11-6-14-4-2-3-5-18(14)20(17)25)22-23-19(24)12-26-16-9-7-15(21)8-10-16/h2-11,25H,12H2,1H3,(H,23,24)/b22-13+. The third-order valence-corrected chi connectivity index (χ3v) is 4.07. The van der Waals surface area contributed by atoms with Gasteiger partial charge < -0.3 is 9.84 Å². The summed E-state index contributed by atoms with van der Waals surface area (Å²) in [6.45, 7) is 1.53. The van der Waals surface area contributed by atoms with Crippen LogP contribution in [0.3, 0.4) is 0 Å². The fourth-order valence-electron chi connectivity index (χ4n) is 2.47. The van der Waals surface area contributed by atoms with Crippen molar-refractivity contribution in [2.24, 2.45) is 5.10 Å². The molecule has 0 bridgehead atoms. The summed E-state index contributed by atoms with van der Waals surface area (Å²) in [7, 11) is 0. The summed E-state index contributed by atoms with van der Waals surface area (Å²) < 4.78 is 5.35. The topological polar surface area (TPSA) is 70.9 Å². The number of phenols is 1. The Hall–Kier alpha value is -3.05. The Kier molecular flexibility index (Phi) is 5.39. The van der Waals surface area contributed by atoms with E-state index in [1.807, 2.05) is 30.3 Å². The van der Waals surface area contributed by atoms with Crippen molar-refractivity contribution in [3.8, 4) is 11.5 Å². The molecule has 0 saturated carbocycles. The van der Waals surface area contributed by atoms with E-state index in [0.717, 1.165) is 10.8 Å². The van der Waals surface area contributed by atoms with Gasteiger partial charge in [0.2, 0.25) is 0 Å². The average molecular weight is 369 g/mol. The van der Waals surface area contributed by atoms with Gasteiger partial charge in [-0.25, -0.2) is 5.43 Å². The van der Waals surface area contributed by atoms with E-state index in [4.69, 9.17) is 16.3 Å². The van der Waals surface area contributed by atoms with Crippen LogP contribution in [0, 0.1) is 0 Å². The summed E-state index contributed by atoms with van der Waals surface area (Å²) in [5.74, 6) is 0.271. The van der Waals surface area contributed by atoms with Gasteiger partial charge in [0.25, 0.3) is 5.91 Å². The molecule has 2 N–H and O–H groups in total. The summed E-state index contributed by atoms with van der Waals surface area (Å²) in [6.07, 6.45) is 0. The monoisotopic (exact) mass is 368 g/mol. The van der Waals surface area contributed by atoms with E-state index in [-0.39, 0.29) is 12.4 Å². The summed E-state index contributed by atoms with van der Waals surface area (Å²) >= 11 is 5.79. The lowest BCUT2D eigenvalue weighted by Crippen LogP contribution is -2.25. The number of nitrogens with one attached hydrogen (secondary N) is 1. The molecule has 3 aromatic carbocycles. The third-order valence-electron chi connectivity index (χ3n) is 3.82. The van der Waals surface area contributed by atoms with Crippen LogP contribution >= 0.6 is 11.6 Å². The summed E-state index contributed by atoms with van der Waals surface area (Å²) in [5.41, 5.74) is 3.48. The minimum Gasteiger partial charge on any atom is -0.507 e. The molecule has 132 valence electrons. The molecule has 0 atom stereocenters. The quantitative estimate of drug-likeness (QED) is 0.525. The molecule has 26 heavy (non-hydrogen) atoms. The molecule has 0 spiro atoms. The van der Waals surface area contributed by atoms with Crippen molar-refractivity contribution >= 4 is 34.0 Å². The number of carbonyl (C=O) groups is 1. The van der Waals surface area contributed by atoms with E-state index < -0.39 is 5.91 Å². The van der Waals surface area contributed by atoms with Crippen LogP contribution in [-0.4, -0.2) is 23.3 Å². The molecular formula is C20H17ClN2O3. The smallest absolute Gasteiger partial charge is 0.277 e. The van der Waals surface area contributed by atoms with Crippen molar-refractivity contribution < 1.29 is 14.6 Å². The lowest BCUT2D eigenvalue weighted by atomic mass is 10.0. The van der Waals surface area contributed by atoms with Crippen molar-refractivity contribution in [3.05, 3.63) is 71.2 Å². The number of hydrogen-bond acceptors (Lipinski definition) is 4. The molecule has 5 nitrogen and oxygen atoms in total. The van der Waals surface area contributed by atoms with Crippen LogP contribution in [0.1, 0.15) is 12.5 Å². The maximum Gasteiger partial charge on any atom is 0.277 e. The van der Waals surface area contributed by atoms with Gasteiger partial charge in [0.1, 0.15) is 11.5 Å². The molecule has 6 heteroatoms. The molecule has 0 aliphatic heterocycles. The number of benzene rings is 3. The first-order valence-corrected chi connectivity index (χ1v) is 8.35. The zero-order valence-electron chi connectivity index (χ0n) is 14.1. The van der Waals surface area contributed by atoms with Gasteiger partial charge in [-0.2, -0.15) is 5.10 Å². The number of fused-ring (bicyclic) bond motifs is 1. The Balaban J connectivity index is 1.65. The number of hydrogen-bond donors (Lipinski definition) is 2. The van der Waals surface area contributed by atoms with Crippen LogP contribution in [0.5, 0.6) is 11.5 Å². The molecule has 0 fully saturated rings. The first-order valence-electron chi connectivity index (χ1n) is 7.97. The number of rotatable bonds is 5. The molecule has 0 heterocycles. The van der Waals surface area contributed by atoms with Crippen LogP contribution in [0.25, 0.3) is 10.8 Å². The number of amides is 1. The number of ether oxygens (including phenoxy) is 1. The van der Waals surface area contributed by atoms with E-state index in [0.29, 0.717) is 22.0 Å². The lowest BCUT2D eigenvalue weighted by molar-refractivity contribution is -0.123. The van der Waals surface area contributed by atoms with Crippen molar-refractivity contribution in [1.29, 1.82) is 0 Å². The minimum atomic E-state index is -0.403. The van der Waals surface area contributed by atoms with Gasteiger partial charge in [0.05, 0.1) is 5.71 Å². The molecule has 0 unspecified atom stereocenters. The zero-order chi connectivity index (χ0) is 18.5. The summed E-state index contributed by atoms with van der Waals surface area (Å²) in [6, 6.07) is 17.9. The number of hydrazone groups is 1. The van der Waals surface area contributed by atoms with Crippen LogP contribution in [0.15, 0.2) is 65.8 Å². The summed E-state index contributed by atoms with van der Waals surface area (Å²) in [5, 5.41) is 16.7. The van der Waals surface area contributed by atoms with E-state index in [1.165, 1.54) is 0 Å². The van der Waals surface area contributed by atoms with Gasteiger partial charge in [-0.05, 0) is 42.6 Å². The first-order chi connectivity index (χ1) is 12.5. The SMILES string of the molecule is C/C(=N\NC(=O)COc1ccc(Cl)cc1)c1ccc2ccccc2c1O. The molecule has 3 rings (SSSR count). The normalized spacial score (nSPS) is 11.4. The van der Waals surface area contributed by atoms with E-state index in [9.17, 15) is 9.90 Å². The molecule has 3 aromatic rings. The van der Waals surface area contributed by atoms with Gasteiger partial charge in [-0.15, -0.1) is 0 Å². The Labute approximate surface area is 155 Å². The van der Waals surface area contributed by atoms with Gasteiger partial charge in [-0.1, -0.05) is 41.9 Å². The van der Waals surface area contributed by atoms with E-state index >= 15 is 0 Å². The molecular weight excluding hydrogens is 352 g/mol.